The van der Waals surface area contributed by atoms with Gasteiger partial charge in [0, 0.05) is 16.1 Å². The molecule has 1 heterocycles. The summed E-state index contributed by atoms with van der Waals surface area (Å²) < 4.78 is 27.5. The van der Waals surface area contributed by atoms with Gasteiger partial charge in [0.1, 0.15) is 9.77 Å². The topological polar surface area (TPSA) is 104 Å². The van der Waals surface area contributed by atoms with Crippen LogP contribution in [0.2, 0.25) is 0 Å². The van der Waals surface area contributed by atoms with E-state index in [1.54, 1.807) is 24.3 Å². The third-order valence-electron chi connectivity index (χ3n) is 2.64. The Bertz CT molecular complexity index is 750. The van der Waals surface area contributed by atoms with Crippen LogP contribution in [0, 0.1) is 0 Å². The molecule has 2 rings (SSSR count). The average Bonchev–Trinajstić information content (AvgIpc) is 2.78. The standard InChI is InChI=1S/C12H13NO5S2/c1-7(6-14)13-20(17,18)11-8-4-2-3-5-9(8)19-10(11)12(15)16/h2-5,7,13-14H,6H2,1H3,(H,15,16)/t7-/m1/s1. The van der Waals surface area contributed by atoms with Gasteiger partial charge in [-0.15, -0.1) is 11.3 Å². The van der Waals surface area contributed by atoms with Crippen molar-refractivity contribution in [3.63, 3.8) is 0 Å². The number of rotatable bonds is 5. The minimum atomic E-state index is -4.01. The molecule has 0 radical (unpaired) electrons. The van der Waals surface area contributed by atoms with Crippen LogP contribution in [0.1, 0.15) is 16.6 Å². The highest BCUT2D eigenvalue weighted by Gasteiger charge is 2.28. The number of carboxylic acids is 1. The van der Waals surface area contributed by atoms with Crippen LogP contribution in [0.15, 0.2) is 29.2 Å². The largest absolute Gasteiger partial charge is 0.477 e. The first-order valence-electron chi connectivity index (χ1n) is 5.75. The van der Waals surface area contributed by atoms with Crippen molar-refractivity contribution in [3.8, 4) is 0 Å². The molecule has 1 aromatic heterocycles. The monoisotopic (exact) mass is 315 g/mol. The Hall–Kier alpha value is -1.48. The lowest BCUT2D eigenvalue weighted by Crippen LogP contribution is -2.35. The van der Waals surface area contributed by atoms with E-state index in [4.69, 9.17) is 5.11 Å². The van der Waals surface area contributed by atoms with Crippen LogP contribution in [0.4, 0.5) is 0 Å². The third-order valence-corrected chi connectivity index (χ3v) is 5.61. The Balaban J connectivity index is 2.68. The second-order valence-electron chi connectivity index (χ2n) is 4.27. The van der Waals surface area contributed by atoms with E-state index in [-0.39, 0.29) is 16.4 Å². The van der Waals surface area contributed by atoms with Crippen LogP contribution in [0.3, 0.4) is 0 Å². The van der Waals surface area contributed by atoms with E-state index in [1.165, 1.54) is 6.92 Å². The van der Waals surface area contributed by atoms with Gasteiger partial charge in [-0.1, -0.05) is 18.2 Å². The van der Waals surface area contributed by atoms with Gasteiger partial charge < -0.3 is 10.2 Å². The number of aromatic carboxylic acids is 1. The smallest absolute Gasteiger partial charge is 0.347 e. The molecule has 6 nitrogen and oxygen atoms in total. The molecule has 8 heteroatoms. The van der Waals surface area contributed by atoms with Crippen molar-refractivity contribution >= 4 is 37.4 Å². The third kappa shape index (κ3) is 2.68. The van der Waals surface area contributed by atoms with Crippen LogP contribution in [0.25, 0.3) is 10.1 Å². The number of sulfonamides is 1. The quantitative estimate of drug-likeness (QED) is 0.770. The summed E-state index contributed by atoms with van der Waals surface area (Å²) in [4.78, 5) is 10.8. The van der Waals surface area contributed by atoms with Crippen LogP contribution in [-0.2, 0) is 10.0 Å². The van der Waals surface area contributed by atoms with Crippen LogP contribution in [-0.4, -0.2) is 37.2 Å². The van der Waals surface area contributed by atoms with E-state index in [2.05, 4.69) is 4.72 Å². The van der Waals surface area contributed by atoms with Crippen molar-refractivity contribution in [2.45, 2.75) is 17.9 Å². The number of aliphatic hydroxyl groups excluding tert-OH is 1. The lowest BCUT2D eigenvalue weighted by Gasteiger charge is -2.11. The molecule has 108 valence electrons. The number of thiophene rings is 1. The van der Waals surface area contributed by atoms with Gasteiger partial charge in [-0.05, 0) is 13.0 Å². The summed E-state index contributed by atoms with van der Waals surface area (Å²) in [6, 6.07) is 5.90. The lowest BCUT2D eigenvalue weighted by atomic mass is 10.2. The van der Waals surface area contributed by atoms with Gasteiger partial charge in [0.05, 0.1) is 6.61 Å². The lowest BCUT2D eigenvalue weighted by molar-refractivity contribution is 0.0698. The molecule has 0 amide bonds. The fourth-order valence-electron chi connectivity index (χ4n) is 1.79. The summed E-state index contributed by atoms with van der Waals surface area (Å²) >= 11 is 0.912. The Labute approximate surface area is 119 Å². The zero-order valence-corrected chi connectivity index (χ0v) is 12.2. The van der Waals surface area contributed by atoms with Crippen LogP contribution in [0.5, 0.6) is 0 Å². The van der Waals surface area contributed by atoms with Gasteiger partial charge in [0.2, 0.25) is 10.0 Å². The van der Waals surface area contributed by atoms with E-state index in [9.17, 15) is 18.3 Å². The fraction of sp³-hybridized carbons (Fsp3) is 0.250. The number of fused-ring (bicyclic) bond motifs is 1. The maximum absolute atomic E-state index is 12.3. The van der Waals surface area contributed by atoms with E-state index in [1.807, 2.05) is 0 Å². The normalized spacial score (nSPS) is 13.5. The maximum Gasteiger partial charge on any atom is 0.347 e. The van der Waals surface area contributed by atoms with Gasteiger partial charge in [-0.25, -0.2) is 17.9 Å². The van der Waals surface area contributed by atoms with Gasteiger partial charge in [0.15, 0.2) is 0 Å². The molecule has 0 unspecified atom stereocenters. The van der Waals surface area contributed by atoms with Crippen molar-refractivity contribution in [1.29, 1.82) is 0 Å². The zero-order valence-electron chi connectivity index (χ0n) is 10.5. The van der Waals surface area contributed by atoms with Gasteiger partial charge in [-0.3, -0.25) is 0 Å². The van der Waals surface area contributed by atoms with E-state index in [0.717, 1.165) is 11.3 Å². The Kier molecular flexibility index (Phi) is 4.09. The van der Waals surface area contributed by atoms with E-state index < -0.39 is 22.0 Å². The SMILES string of the molecule is C[C@H](CO)NS(=O)(=O)c1c(C(=O)O)sc2ccccc12. The van der Waals surface area contributed by atoms with E-state index >= 15 is 0 Å². The first-order chi connectivity index (χ1) is 9.36. The molecule has 0 fully saturated rings. The molecule has 1 atom stereocenters. The molecule has 0 saturated heterocycles. The first-order valence-corrected chi connectivity index (χ1v) is 8.05. The molecular formula is C12H13NO5S2. The predicted molar refractivity (Wildman–Crippen MR) is 75.7 cm³/mol. The predicted octanol–water partition coefficient (Wildman–Crippen LogP) is 1.26. The molecule has 0 aliphatic rings. The molecule has 3 N–H and O–H groups in total. The molecule has 20 heavy (non-hydrogen) atoms. The molecule has 0 bridgehead atoms. The average molecular weight is 315 g/mol. The molecule has 0 saturated carbocycles. The van der Waals surface area contributed by atoms with Gasteiger partial charge in [-0.2, -0.15) is 0 Å². The number of benzene rings is 1. The summed E-state index contributed by atoms with van der Waals surface area (Å²) in [7, 11) is -4.01. The van der Waals surface area contributed by atoms with E-state index in [0.29, 0.717) is 10.1 Å². The van der Waals surface area contributed by atoms with Gasteiger partial charge >= 0.3 is 5.97 Å². The Morgan fingerprint density at radius 1 is 1.40 bits per heavy atom. The van der Waals surface area contributed by atoms with Crippen LogP contribution >= 0.6 is 11.3 Å². The van der Waals surface area contributed by atoms with Crippen LogP contribution < -0.4 is 4.72 Å². The molecule has 0 spiro atoms. The summed E-state index contributed by atoms with van der Waals surface area (Å²) in [5.41, 5.74) is 0. The fourth-order valence-corrected chi connectivity index (χ4v) is 4.77. The van der Waals surface area contributed by atoms with Crippen molar-refractivity contribution in [3.05, 3.63) is 29.1 Å². The molecule has 0 aliphatic heterocycles. The number of nitrogens with one attached hydrogen (secondary N) is 1. The summed E-state index contributed by atoms with van der Waals surface area (Å²) in [6.07, 6.45) is 0. The Morgan fingerprint density at radius 2 is 2.05 bits per heavy atom. The van der Waals surface area contributed by atoms with Gasteiger partial charge in [0.25, 0.3) is 0 Å². The summed E-state index contributed by atoms with van der Waals surface area (Å²) in [5, 5.41) is 18.5. The van der Waals surface area contributed by atoms with Crippen molar-refractivity contribution < 1.29 is 23.4 Å². The number of carbonyl (C=O) groups is 1. The molecular weight excluding hydrogens is 302 g/mol. The second kappa shape index (κ2) is 5.49. The highest BCUT2D eigenvalue weighted by atomic mass is 32.2. The minimum absolute atomic E-state index is 0.233. The molecule has 2 aromatic rings. The summed E-state index contributed by atoms with van der Waals surface area (Å²) in [6.45, 7) is 1.12. The molecule has 0 aliphatic carbocycles. The second-order valence-corrected chi connectivity index (χ2v) is 6.97. The summed E-state index contributed by atoms with van der Waals surface area (Å²) in [5.74, 6) is -1.29. The highest BCUT2D eigenvalue weighted by Crippen LogP contribution is 2.34. The van der Waals surface area contributed by atoms with Crippen molar-refractivity contribution in [2.75, 3.05) is 6.61 Å². The number of aliphatic hydroxyl groups is 1. The zero-order chi connectivity index (χ0) is 14.9. The Morgan fingerprint density at radius 3 is 2.65 bits per heavy atom. The highest BCUT2D eigenvalue weighted by molar-refractivity contribution is 7.90. The molecule has 1 aromatic carbocycles. The number of hydrogen-bond donors (Lipinski definition) is 3. The number of carboxylic acid groups (broad SMARTS) is 1. The minimum Gasteiger partial charge on any atom is -0.477 e. The van der Waals surface area contributed by atoms with Crippen molar-refractivity contribution in [1.82, 2.24) is 4.72 Å². The number of hydrogen-bond acceptors (Lipinski definition) is 5. The van der Waals surface area contributed by atoms with Crippen molar-refractivity contribution in [2.24, 2.45) is 0 Å². The maximum atomic E-state index is 12.3. The first kappa shape index (κ1) is 14.9.